The van der Waals surface area contributed by atoms with E-state index in [9.17, 15) is 4.39 Å². The molecule has 0 spiro atoms. The van der Waals surface area contributed by atoms with E-state index < -0.39 is 0 Å². The summed E-state index contributed by atoms with van der Waals surface area (Å²) in [5.74, 6) is 0.387. The minimum atomic E-state index is -0.250. The minimum absolute atomic E-state index is 0.250. The van der Waals surface area contributed by atoms with Gasteiger partial charge in [0, 0.05) is 17.3 Å². The quantitative estimate of drug-likeness (QED) is 0.506. The normalized spacial score (nSPS) is 11.1. The Hall–Kier alpha value is -2.73. The Morgan fingerprint density at radius 2 is 1.96 bits per heavy atom. The summed E-state index contributed by atoms with van der Waals surface area (Å²) in [5.41, 5.74) is 3.87. The number of rotatable bonds is 4. The van der Waals surface area contributed by atoms with Crippen molar-refractivity contribution in [3.63, 3.8) is 0 Å². The zero-order valence-corrected chi connectivity index (χ0v) is 14.4. The van der Waals surface area contributed by atoms with Crippen LogP contribution in [0.5, 0.6) is 0 Å². The number of benzene rings is 2. The molecule has 2 heterocycles. The van der Waals surface area contributed by atoms with Crippen LogP contribution < -0.4 is 0 Å². The predicted octanol–water partition coefficient (Wildman–Crippen LogP) is 4.56. The van der Waals surface area contributed by atoms with Gasteiger partial charge in [-0.2, -0.15) is 0 Å². The van der Waals surface area contributed by atoms with E-state index in [2.05, 4.69) is 28.2 Å². The van der Waals surface area contributed by atoms with E-state index in [-0.39, 0.29) is 5.82 Å². The summed E-state index contributed by atoms with van der Waals surface area (Å²) in [6.45, 7) is 2.06. The number of hydrogen-bond donors (Lipinski definition) is 0. The third kappa shape index (κ3) is 3.00. The van der Waals surface area contributed by atoms with Crippen LogP contribution in [-0.2, 0) is 5.75 Å². The van der Waals surface area contributed by atoms with Crippen molar-refractivity contribution >= 4 is 22.7 Å². The van der Waals surface area contributed by atoms with Gasteiger partial charge in [0.05, 0.1) is 11.2 Å². The van der Waals surface area contributed by atoms with Gasteiger partial charge >= 0.3 is 0 Å². The van der Waals surface area contributed by atoms with Gasteiger partial charge in [-0.1, -0.05) is 36.0 Å². The molecule has 0 saturated carbocycles. The maximum Gasteiger partial charge on any atom is 0.195 e. The highest BCUT2D eigenvalue weighted by Gasteiger charge is 2.12. The topological polar surface area (TPSA) is 43.6 Å². The Morgan fingerprint density at radius 1 is 1.08 bits per heavy atom. The Bertz CT molecular complexity index is 1040. The fourth-order valence-electron chi connectivity index (χ4n) is 2.78. The van der Waals surface area contributed by atoms with Crippen molar-refractivity contribution in [2.45, 2.75) is 17.8 Å². The van der Waals surface area contributed by atoms with Crippen LogP contribution in [0.1, 0.15) is 11.1 Å². The molecule has 0 unspecified atom stereocenters. The van der Waals surface area contributed by atoms with E-state index in [1.54, 1.807) is 42.5 Å². The molecule has 25 heavy (non-hydrogen) atoms. The van der Waals surface area contributed by atoms with E-state index in [4.69, 9.17) is 0 Å². The lowest BCUT2D eigenvalue weighted by Gasteiger charge is -2.10. The molecule has 6 heteroatoms. The lowest BCUT2D eigenvalue weighted by atomic mass is 10.1. The SMILES string of the molecule is Cc1ccccc1-n1cnnc1SCc1ccc(F)c2cccnc12. The highest BCUT2D eigenvalue weighted by atomic mass is 32.2. The summed E-state index contributed by atoms with van der Waals surface area (Å²) < 4.78 is 15.9. The summed E-state index contributed by atoms with van der Waals surface area (Å²) in [6, 6.07) is 14.9. The Labute approximate surface area is 148 Å². The molecule has 0 saturated heterocycles. The van der Waals surface area contributed by atoms with Gasteiger partial charge in [-0.15, -0.1) is 10.2 Å². The Kier molecular flexibility index (Phi) is 4.19. The van der Waals surface area contributed by atoms with Crippen molar-refractivity contribution < 1.29 is 4.39 Å². The van der Waals surface area contributed by atoms with Crippen LogP contribution in [0.3, 0.4) is 0 Å². The molecule has 124 valence electrons. The zero-order chi connectivity index (χ0) is 17.2. The number of nitrogens with zero attached hydrogens (tertiary/aromatic N) is 4. The van der Waals surface area contributed by atoms with Gasteiger partial charge in [0.2, 0.25) is 0 Å². The van der Waals surface area contributed by atoms with Gasteiger partial charge in [0.15, 0.2) is 5.16 Å². The summed E-state index contributed by atoms with van der Waals surface area (Å²) in [6.07, 6.45) is 3.40. The largest absolute Gasteiger partial charge is 0.276 e. The van der Waals surface area contributed by atoms with Crippen LogP contribution >= 0.6 is 11.8 Å². The first kappa shape index (κ1) is 15.8. The number of aryl methyl sites for hydroxylation is 1. The molecule has 2 aromatic heterocycles. The minimum Gasteiger partial charge on any atom is -0.276 e. The molecule has 0 bridgehead atoms. The second-order valence-corrected chi connectivity index (χ2v) is 6.61. The smallest absolute Gasteiger partial charge is 0.195 e. The molecule has 0 amide bonds. The number of fused-ring (bicyclic) bond motifs is 1. The Balaban J connectivity index is 1.65. The van der Waals surface area contributed by atoms with Crippen LogP contribution in [0.25, 0.3) is 16.6 Å². The molecule has 4 nitrogen and oxygen atoms in total. The second-order valence-electron chi connectivity index (χ2n) is 5.66. The Morgan fingerprint density at radius 3 is 2.84 bits per heavy atom. The van der Waals surface area contributed by atoms with E-state index in [1.165, 1.54) is 6.07 Å². The molecule has 0 aliphatic rings. The van der Waals surface area contributed by atoms with Gasteiger partial charge in [-0.3, -0.25) is 9.55 Å². The molecule has 2 aromatic carbocycles. The van der Waals surface area contributed by atoms with E-state index in [0.29, 0.717) is 16.7 Å². The lowest BCUT2D eigenvalue weighted by Crippen LogP contribution is -1.98. The molecule has 4 aromatic rings. The first-order valence-electron chi connectivity index (χ1n) is 7.85. The third-order valence-electron chi connectivity index (χ3n) is 4.05. The molecule has 4 rings (SSSR count). The molecular formula is C19H15FN4S. The average molecular weight is 350 g/mol. The summed E-state index contributed by atoms with van der Waals surface area (Å²) in [5, 5.41) is 9.61. The average Bonchev–Trinajstić information content (AvgIpc) is 3.10. The first-order valence-corrected chi connectivity index (χ1v) is 8.83. The van der Waals surface area contributed by atoms with Gasteiger partial charge in [-0.05, 0) is 42.3 Å². The van der Waals surface area contributed by atoms with Gasteiger partial charge in [0.1, 0.15) is 12.1 Å². The third-order valence-corrected chi connectivity index (χ3v) is 5.04. The fourth-order valence-corrected chi connectivity index (χ4v) is 3.68. The van der Waals surface area contributed by atoms with Crippen molar-refractivity contribution in [3.05, 3.63) is 78.0 Å². The van der Waals surface area contributed by atoms with E-state index in [0.717, 1.165) is 22.0 Å². The molecule has 0 radical (unpaired) electrons. The van der Waals surface area contributed by atoms with Crippen LogP contribution in [-0.4, -0.2) is 19.7 Å². The number of aromatic nitrogens is 4. The van der Waals surface area contributed by atoms with Crippen LogP contribution in [0.15, 0.2) is 66.2 Å². The molecular weight excluding hydrogens is 335 g/mol. The molecule has 0 aliphatic carbocycles. The van der Waals surface area contributed by atoms with E-state index >= 15 is 0 Å². The number of halogens is 1. The lowest BCUT2D eigenvalue weighted by molar-refractivity contribution is 0.639. The standard InChI is InChI=1S/C19H15FN4S/c1-13-5-2-3-7-17(13)24-12-22-23-19(24)25-11-14-8-9-16(20)15-6-4-10-21-18(14)15/h2-10,12H,11H2,1H3. The monoisotopic (exact) mass is 350 g/mol. The van der Waals surface area contributed by atoms with Crippen molar-refractivity contribution in [2.75, 3.05) is 0 Å². The van der Waals surface area contributed by atoms with Crippen LogP contribution in [0, 0.1) is 12.7 Å². The number of pyridine rings is 1. The highest BCUT2D eigenvalue weighted by molar-refractivity contribution is 7.98. The zero-order valence-electron chi connectivity index (χ0n) is 13.6. The van der Waals surface area contributed by atoms with Crippen molar-refractivity contribution in [3.8, 4) is 5.69 Å². The van der Waals surface area contributed by atoms with Gasteiger partial charge < -0.3 is 0 Å². The van der Waals surface area contributed by atoms with Crippen LogP contribution in [0.4, 0.5) is 4.39 Å². The second kappa shape index (κ2) is 6.64. The molecule has 0 atom stereocenters. The predicted molar refractivity (Wildman–Crippen MR) is 97.4 cm³/mol. The molecule has 0 aliphatic heterocycles. The molecule has 0 N–H and O–H groups in total. The fraction of sp³-hybridized carbons (Fsp3) is 0.105. The van der Waals surface area contributed by atoms with Crippen molar-refractivity contribution in [2.24, 2.45) is 0 Å². The summed E-state index contributed by atoms with van der Waals surface area (Å²) in [4.78, 5) is 4.34. The summed E-state index contributed by atoms with van der Waals surface area (Å²) >= 11 is 1.56. The van der Waals surface area contributed by atoms with Crippen molar-refractivity contribution in [1.29, 1.82) is 0 Å². The maximum absolute atomic E-state index is 13.9. The van der Waals surface area contributed by atoms with Gasteiger partial charge in [-0.25, -0.2) is 4.39 Å². The maximum atomic E-state index is 13.9. The molecule has 0 fully saturated rings. The number of thioether (sulfide) groups is 1. The first-order chi connectivity index (χ1) is 12.2. The highest BCUT2D eigenvalue weighted by Crippen LogP contribution is 2.28. The summed E-state index contributed by atoms with van der Waals surface area (Å²) in [7, 11) is 0. The van der Waals surface area contributed by atoms with Crippen LogP contribution in [0.2, 0.25) is 0 Å². The van der Waals surface area contributed by atoms with Crippen molar-refractivity contribution in [1.82, 2.24) is 19.7 Å². The number of para-hydroxylation sites is 1. The van der Waals surface area contributed by atoms with Gasteiger partial charge in [0.25, 0.3) is 0 Å². The number of hydrogen-bond acceptors (Lipinski definition) is 4. The van der Waals surface area contributed by atoms with E-state index in [1.807, 2.05) is 22.8 Å².